The van der Waals surface area contributed by atoms with Gasteiger partial charge in [-0.25, -0.2) is 19.9 Å². The van der Waals surface area contributed by atoms with Gasteiger partial charge >= 0.3 is 0 Å². The smallest absolute Gasteiger partial charge is 0.225 e. The molecule has 0 radical (unpaired) electrons. The molecule has 0 unspecified atom stereocenters. The Labute approximate surface area is 171 Å². The molecule has 29 heavy (non-hydrogen) atoms. The number of hydrogen-bond acceptors (Lipinski definition) is 7. The van der Waals surface area contributed by atoms with Crippen LogP contribution in [0.1, 0.15) is 24.2 Å². The van der Waals surface area contributed by atoms with Crippen LogP contribution in [0.15, 0.2) is 30.6 Å². The van der Waals surface area contributed by atoms with Gasteiger partial charge in [-0.15, -0.1) is 0 Å². The summed E-state index contributed by atoms with van der Waals surface area (Å²) in [6.07, 6.45) is 4.18. The molecule has 0 atom stereocenters. The van der Waals surface area contributed by atoms with Crippen LogP contribution in [-0.2, 0) is 0 Å². The van der Waals surface area contributed by atoms with Crippen molar-refractivity contribution in [2.24, 2.45) is 0 Å². The first-order valence-electron chi connectivity index (χ1n) is 10.5. The molecule has 2 aliphatic heterocycles. The fourth-order valence-electron chi connectivity index (χ4n) is 4.42. The van der Waals surface area contributed by atoms with E-state index in [1.165, 1.54) is 18.5 Å². The Bertz CT molecular complexity index is 1000. The van der Waals surface area contributed by atoms with E-state index in [1.54, 1.807) is 6.33 Å². The summed E-state index contributed by atoms with van der Waals surface area (Å²) in [6.45, 7) is 9.99. The summed E-state index contributed by atoms with van der Waals surface area (Å²) >= 11 is 0. The fourth-order valence-corrected chi connectivity index (χ4v) is 4.42. The predicted molar refractivity (Wildman–Crippen MR) is 117 cm³/mol. The average molecular weight is 390 g/mol. The van der Waals surface area contributed by atoms with Gasteiger partial charge in [-0.2, -0.15) is 0 Å². The number of hydrogen-bond donors (Lipinski definition) is 0. The van der Waals surface area contributed by atoms with Crippen molar-refractivity contribution in [2.45, 2.75) is 26.7 Å². The number of anilines is 3. The normalized spacial score (nSPS) is 17.4. The third-order valence-corrected chi connectivity index (χ3v) is 5.90. The predicted octanol–water partition coefficient (Wildman–Crippen LogP) is 2.96. The van der Waals surface area contributed by atoms with Crippen molar-refractivity contribution < 1.29 is 0 Å². The summed E-state index contributed by atoms with van der Waals surface area (Å²) in [5.41, 5.74) is 4.32. The van der Waals surface area contributed by atoms with E-state index in [-0.39, 0.29) is 0 Å². The zero-order valence-electron chi connectivity index (χ0n) is 17.2. The van der Waals surface area contributed by atoms with E-state index in [0.717, 1.165) is 73.3 Å². The molecule has 7 heteroatoms. The van der Waals surface area contributed by atoms with Gasteiger partial charge in [0.05, 0.1) is 5.52 Å². The molecule has 0 spiro atoms. The molecular weight excluding hydrogens is 362 g/mol. The van der Waals surface area contributed by atoms with Crippen LogP contribution in [0.5, 0.6) is 0 Å². The molecule has 4 heterocycles. The van der Waals surface area contributed by atoms with Crippen molar-refractivity contribution >= 4 is 28.4 Å². The molecule has 0 bridgehead atoms. The van der Waals surface area contributed by atoms with Crippen molar-refractivity contribution in [2.75, 3.05) is 54.0 Å². The summed E-state index contributed by atoms with van der Waals surface area (Å²) in [4.78, 5) is 25.5. The van der Waals surface area contributed by atoms with E-state index < -0.39 is 0 Å². The van der Waals surface area contributed by atoms with E-state index in [4.69, 9.17) is 0 Å². The van der Waals surface area contributed by atoms with E-state index in [2.05, 4.69) is 52.8 Å². The Kier molecular flexibility index (Phi) is 4.66. The monoisotopic (exact) mass is 389 g/mol. The fraction of sp³-hybridized carbons (Fsp3) is 0.455. The molecule has 0 amide bonds. The Balaban J connectivity index is 1.37. The van der Waals surface area contributed by atoms with Crippen LogP contribution < -0.4 is 14.7 Å². The lowest BCUT2D eigenvalue weighted by Gasteiger charge is -2.36. The third-order valence-electron chi connectivity index (χ3n) is 5.90. The first kappa shape index (κ1) is 18.1. The van der Waals surface area contributed by atoms with Gasteiger partial charge in [0.25, 0.3) is 0 Å². The Morgan fingerprint density at radius 3 is 2.14 bits per heavy atom. The highest BCUT2D eigenvalue weighted by atomic mass is 15.3. The third kappa shape index (κ3) is 3.57. The zero-order chi connectivity index (χ0) is 19.8. The second-order valence-corrected chi connectivity index (χ2v) is 8.02. The van der Waals surface area contributed by atoms with Crippen molar-refractivity contribution in [1.82, 2.24) is 19.9 Å². The number of aromatic nitrogens is 4. The minimum Gasteiger partial charge on any atom is -0.368 e. The SMILES string of the molecule is Cc1cc(C)nc(N2CCN(c3ccc4ncnc(N5CCCC5)c4c3)CC2)n1. The first-order valence-corrected chi connectivity index (χ1v) is 10.5. The molecule has 2 saturated heterocycles. The molecule has 150 valence electrons. The maximum atomic E-state index is 4.63. The van der Waals surface area contributed by atoms with Crippen molar-refractivity contribution in [3.05, 3.63) is 42.0 Å². The lowest BCUT2D eigenvalue weighted by atomic mass is 10.1. The number of benzene rings is 1. The summed E-state index contributed by atoms with van der Waals surface area (Å²) in [5.74, 6) is 1.93. The highest BCUT2D eigenvalue weighted by molar-refractivity contribution is 5.92. The van der Waals surface area contributed by atoms with E-state index in [0.29, 0.717) is 0 Å². The van der Waals surface area contributed by atoms with Gasteiger partial charge in [-0.1, -0.05) is 0 Å². The molecule has 2 fully saturated rings. The minimum atomic E-state index is 0.852. The molecule has 3 aromatic rings. The van der Waals surface area contributed by atoms with E-state index >= 15 is 0 Å². The van der Waals surface area contributed by atoms with Crippen LogP contribution in [0.3, 0.4) is 0 Å². The molecule has 1 aromatic carbocycles. The van der Waals surface area contributed by atoms with Crippen LogP contribution in [0, 0.1) is 13.8 Å². The van der Waals surface area contributed by atoms with Gasteiger partial charge in [0, 0.05) is 61.7 Å². The van der Waals surface area contributed by atoms with Crippen molar-refractivity contribution in [1.29, 1.82) is 0 Å². The zero-order valence-corrected chi connectivity index (χ0v) is 17.2. The van der Waals surface area contributed by atoms with Gasteiger partial charge in [-0.05, 0) is 51.0 Å². The van der Waals surface area contributed by atoms with Crippen molar-refractivity contribution in [3.8, 4) is 0 Å². The Morgan fingerprint density at radius 1 is 0.724 bits per heavy atom. The average Bonchev–Trinajstić information content (AvgIpc) is 3.27. The molecule has 7 nitrogen and oxygen atoms in total. The van der Waals surface area contributed by atoms with Gasteiger partial charge in [0.2, 0.25) is 5.95 Å². The number of fused-ring (bicyclic) bond motifs is 1. The summed E-state index contributed by atoms with van der Waals surface area (Å²) in [7, 11) is 0. The minimum absolute atomic E-state index is 0.852. The highest BCUT2D eigenvalue weighted by Gasteiger charge is 2.21. The topological polar surface area (TPSA) is 61.3 Å². The van der Waals surface area contributed by atoms with Crippen LogP contribution >= 0.6 is 0 Å². The van der Waals surface area contributed by atoms with Gasteiger partial charge < -0.3 is 14.7 Å². The molecule has 0 N–H and O–H groups in total. The summed E-state index contributed by atoms with van der Waals surface area (Å²) in [6, 6.07) is 8.61. The maximum absolute atomic E-state index is 4.63. The maximum Gasteiger partial charge on any atom is 0.225 e. The largest absolute Gasteiger partial charge is 0.368 e. The molecule has 5 rings (SSSR count). The number of aryl methyl sites for hydroxylation is 2. The van der Waals surface area contributed by atoms with Gasteiger partial charge in [0.1, 0.15) is 12.1 Å². The second-order valence-electron chi connectivity index (χ2n) is 8.02. The molecule has 2 aliphatic rings. The number of piperazine rings is 1. The second kappa shape index (κ2) is 7.46. The molecule has 2 aromatic heterocycles. The summed E-state index contributed by atoms with van der Waals surface area (Å²) in [5, 5.41) is 1.16. The molecular formula is C22H27N7. The van der Waals surface area contributed by atoms with Crippen LogP contribution in [0.2, 0.25) is 0 Å². The van der Waals surface area contributed by atoms with Crippen LogP contribution in [0.4, 0.5) is 17.5 Å². The van der Waals surface area contributed by atoms with Crippen LogP contribution in [-0.4, -0.2) is 59.2 Å². The van der Waals surface area contributed by atoms with Gasteiger partial charge in [0.15, 0.2) is 0 Å². The molecule has 0 saturated carbocycles. The Hall–Kier alpha value is -2.96. The Morgan fingerprint density at radius 2 is 1.41 bits per heavy atom. The highest BCUT2D eigenvalue weighted by Crippen LogP contribution is 2.30. The van der Waals surface area contributed by atoms with E-state index in [1.807, 2.05) is 19.9 Å². The molecule has 0 aliphatic carbocycles. The summed E-state index contributed by atoms with van der Waals surface area (Å²) < 4.78 is 0. The lowest BCUT2D eigenvalue weighted by Crippen LogP contribution is -2.47. The number of nitrogens with zero attached hydrogens (tertiary/aromatic N) is 7. The van der Waals surface area contributed by atoms with Gasteiger partial charge in [-0.3, -0.25) is 0 Å². The quantitative estimate of drug-likeness (QED) is 0.682. The number of rotatable bonds is 3. The van der Waals surface area contributed by atoms with E-state index in [9.17, 15) is 0 Å². The van der Waals surface area contributed by atoms with Crippen molar-refractivity contribution in [3.63, 3.8) is 0 Å². The first-order chi connectivity index (χ1) is 14.2. The van der Waals surface area contributed by atoms with Crippen LogP contribution in [0.25, 0.3) is 10.9 Å². The standard InChI is InChI=1S/C22H27N7/c1-16-13-17(2)26-22(25-16)29-11-9-27(10-12-29)18-5-6-20-19(14-18)21(24-15-23-20)28-7-3-4-8-28/h5-6,13-15H,3-4,7-12H2,1-2H3. The lowest BCUT2D eigenvalue weighted by molar-refractivity contribution is 0.638.